The van der Waals surface area contributed by atoms with E-state index in [1.165, 1.54) is 31.3 Å². The van der Waals surface area contributed by atoms with E-state index in [9.17, 15) is 17.6 Å². The van der Waals surface area contributed by atoms with Crippen LogP contribution in [0.4, 0.5) is 4.39 Å². The SMILES string of the molecule is CN(Cc1ccc(C(N)=O)cc1)S(=O)(=O)c1ccc(F)cc1. The van der Waals surface area contributed by atoms with Crippen LogP contribution in [0.15, 0.2) is 53.4 Å². The molecule has 1 amide bonds. The van der Waals surface area contributed by atoms with E-state index >= 15 is 0 Å². The predicted octanol–water partition coefficient (Wildman–Crippen LogP) is 1.75. The van der Waals surface area contributed by atoms with Crippen LogP contribution in [0.25, 0.3) is 0 Å². The van der Waals surface area contributed by atoms with Crippen molar-refractivity contribution in [1.29, 1.82) is 0 Å². The minimum Gasteiger partial charge on any atom is -0.366 e. The standard InChI is InChI=1S/C15H15FN2O3S/c1-18(10-11-2-4-12(5-3-11)15(17)19)22(20,21)14-8-6-13(16)7-9-14/h2-9H,10H2,1H3,(H2,17,19). The minimum atomic E-state index is -3.71. The molecule has 7 heteroatoms. The molecule has 0 aliphatic carbocycles. The second kappa shape index (κ2) is 6.25. The molecule has 2 aromatic rings. The highest BCUT2D eigenvalue weighted by Crippen LogP contribution is 2.17. The summed E-state index contributed by atoms with van der Waals surface area (Å²) in [5.41, 5.74) is 6.21. The zero-order chi connectivity index (χ0) is 16.3. The number of carbonyl (C=O) groups is 1. The van der Waals surface area contributed by atoms with E-state index in [0.717, 1.165) is 16.4 Å². The summed E-state index contributed by atoms with van der Waals surface area (Å²) >= 11 is 0. The third-order valence-electron chi connectivity index (χ3n) is 3.17. The highest BCUT2D eigenvalue weighted by Gasteiger charge is 2.20. The Morgan fingerprint density at radius 3 is 2.14 bits per heavy atom. The van der Waals surface area contributed by atoms with Crippen molar-refractivity contribution in [3.8, 4) is 0 Å². The summed E-state index contributed by atoms with van der Waals surface area (Å²) in [5.74, 6) is -1.04. The molecule has 0 bridgehead atoms. The molecule has 2 N–H and O–H groups in total. The van der Waals surface area contributed by atoms with Crippen LogP contribution in [-0.4, -0.2) is 25.7 Å². The Morgan fingerprint density at radius 1 is 1.09 bits per heavy atom. The van der Waals surface area contributed by atoms with Crippen molar-refractivity contribution in [2.45, 2.75) is 11.4 Å². The van der Waals surface area contributed by atoms with E-state index in [2.05, 4.69) is 0 Å². The summed E-state index contributed by atoms with van der Waals surface area (Å²) in [7, 11) is -2.27. The maximum Gasteiger partial charge on any atom is 0.248 e. The fourth-order valence-electron chi connectivity index (χ4n) is 1.90. The molecule has 0 fully saturated rings. The molecule has 0 atom stereocenters. The van der Waals surface area contributed by atoms with Crippen molar-refractivity contribution < 1.29 is 17.6 Å². The number of nitrogens with zero attached hydrogens (tertiary/aromatic N) is 1. The minimum absolute atomic E-state index is 0.0187. The molecule has 116 valence electrons. The molecule has 0 aromatic heterocycles. The fourth-order valence-corrected chi connectivity index (χ4v) is 3.06. The van der Waals surface area contributed by atoms with Gasteiger partial charge in [0.1, 0.15) is 5.82 Å². The third-order valence-corrected chi connectivity index (χ3v) is 4.98. The Labute approximate surface area is 128 Å². The Kier molecular flexibility index (Phi) is 4.58. The molecular formula is C15H15FN2O3S. The molecule has 0 heterocycles. The molecule has 0 aliphatic heterocycles. The molecule has 22 heavy (non-hydrogen) atoms. The van der Waals surface area contributed by atoms with Crippen LogP contribution in [0.2, 0.25) is 0 Å². The van der Waals surface area contributed by atoms with Gasteiger partial charge in [0.2, 0.25) is 15.9 Å². The average molecular weight is 322 g/mol. The summed E-state index contributed by atoms with van der Waals surface area (Å²) in [6.45, 7) is 0.124. The number of primary amides is 1. The zero-order valence-electron chi connectivity index (χ0n) is 11.9. The molecular weight excluding hydrogens is 307 g/mol. The quantitative estimate of drug-likeness (QED) is 0.910. The lowest BCUT2D eigenvalue weighted by Gasteiger charge is -2.17. The second-order valence-corrected chi connectivity index (χ2v) is 6.82. The Morgan fingerprint density at radius 2 is 1.64 bits per heavy atom. The molecule has 5 nitrogen and oxygen atoms in total. The molecule has 0 aliphatic rings. The van der Waals surface area contributed by atoms with Crippen molar-refractivity contribution in [3.63, 3.8) is 0 Å². The van der Waals surface area contributed by atoms with Gasteiger partial charge in [0, 0.05) is 19.2 Å². The molecule has 2 aromatic carbocycles. The summed E-state index contributed by atoms with van der Waals surface area (Å²) in [6, 6.07) is 11.0. The Bertz CT molecular complexity index is 771. The van der Waals surface area contributed by atoms with E-state index in [-0.39, 0.29) is 11.4 Å². The summed E-state index contributed by atoms with van der Waals surface area (Å²) < 4.78 is 38.7. The number of nitrogens with two attached hydrogens (primary N) is 1. The van der Waals surface area contributed by atoms with Gasteiger partial charge in [-0.25, -0.2) is 12.8 Å². The Balaban J connectivity index is 2.18. The van der Waals surface area contributed by atoms with Crippen LogP contribution >= 0.6 is 0 Å². The van der Waals surface area contributed by atoms with E-state index in [1.54, 1.807) is 12.1 Å². The lowest BCUT2D eigenvalue weighted by Crippen LogP contribution is -2.26. The summed E-state index contributed by atoms with van der Waals surface area (Å²) in [5, 5.41) is 0. The maximum absolute atomic E-state index is 12.9. The van der Waals surface area contributed by atoms with Gasteiger partial charge in [0.25, 0.3) is 0 Å². The van der Waals surface area contributed by atoms with Gasteiger partial charge < -0.3 is 5.73 Å². The maximum atomic E-state index is 12.9. The number of hydrogen-bond acceptors (Lipinski definition) is 3. The molecule has 0 saturated heterocycles. The van der Waals surface area contributed by atoms with Gasteiger partial charge in [-0.3, -0.25) is 4.79 Å². The van der Waals surface area contributed by atoms with Crippen LogP contribution in [-0.2, 0) is 16.6 Å². The van der Waals surface area contributed by atoms with Gasteiger partial charge in [-0.15, -0.1) is 0 Å². The first-order chi connectivity index (χ1) is 10.3. The van der Waals surface area contributed by atoms with E-state index in [4.69, 9.17) is 5.73 Å². The number of amides is 1. The van der Waals surface area contributed by atoms with Crippen molar-refractivity contribution in [3.05, 3.63) is 65.5 Å². The normalized spacial score (nSPS) is 11.6. The summed E-state index contributed by atoms with van der Waals surface area (Å²) in [6.07, 6.45) is 0. The molecule has 0 spiro atoms. The van der Waals surface area contributed by atoms with Gasteiger partial charge in [-0.1, -0.05) is 12.1 Å². The lowest BCUT2D eigenvalue weighted by atomic mass is 10.1. The lowest BCUT2D eigenvalue weighted by molar-refractivity contribution is 0.1000. The van der Waals surface area contributed by atoms with Gasteiger partial charge in [-0.2, -0.15) is 4.31 Å². The van der Waals surface area contributed by atoms with Crippen LogP contribution < -0.4 is 5.73 Å². The van der Waals surface area contributed by atoms with E-state index in [1.807, 2.05) is 0 Å². The van der Waals surface area contributed by atoms with Crippen LogP contribution in [0, 0.1) is 5.82 Å². The van der Waals surface area contributed by atoms with Gasteiger partial charge in [0.05, 0.1) is 4.90 Å². The second-order valence-electron chi connectivity index (χ2n) is 4.78. The van der Waals surface area contributed by atoms with Gasteiger partial charge >= 0.3 is 0 Å². The largest absolute Gasteiger partial charge is 0.366 e. The van der Waals surface area contributed by atoms with Gasteiger partial charge in [-0.05, 0) is 42.0 Å². The van der Waals surface area contributed by atoms with E-state index in [0.29, 0.717) is 11.1 Å². The fraction of sp³-hybridized carbons (Fsp3) is 0.133. The highest BCUT2D eigenvalue weighted by atomic mass is 32.2. The van der Waals surface area contributed by atoms with Crippen molar-refractivity contribution in [2.75, 3.05) is 7.05 Å². The number of halogens is 1. The van der Waals surface area contributed by atoms with Gasteiger partial charge in [0.15, 0.2) is 0 Å². The third kappa shape index (κ3) is 3.49. The zero-order valence-corrected chi connectivity index (χ0v) is 12.7. The topological polar surface area (TPSA) is 80.5 Å². The molecule has 2 rings (SSSR count). The first-order valence-corrected chi connectivity index (χ1v) is 7.85. The highest BCUT2D eigenvalue weighted by molar-refractivity contribution is 7.89. The van der Waals surface area contributed by atoms with Crippen molar-refractivity contribution in [1.82, 2.24) is 4.31 Å². The smallest absolute Gasteiger partial charge is 0.248 e. The first-order valence-electron chi connectivity index (χ1n) is 6.41. The first kappa shape index (κ1) is 16.1. The van der Waals surface area contributed by atoms with E-state index < -0.39 is 21.7 Å². The number of hydrogen-bond donors (Lipinski definition) is 1. The monoisotopic (exact) mass is 322 g/mol. The number of rotatable bonds is 5. The van der Waals surface area contributed by atoms with Crippen LogP contribution in [0.1, 0.15) is 15.9 Å². The predicted molar refractivity (Wildman–Crippen MR) is 80.0 cm³/mol. The molecule has 0 radical (unpaired) electrons. The number of benzene rings is 2. The molecule has 0 unspecified atom stereocenters. The van der Waals surface area contributed by atoms with Crippen molar-refractivity contribution >= 4 is 15.9 Å². The Hall–Kier alpha value is -2.25. The number of sulfonamides is 1. The average Bonchev–Trinajstić information content (AvgIpc) is 2.48. The summed E-state index contributed by atoms with van der Waals surface area (Å²) in [4.78, 5) is 11.0. The van der Waals surface area contributed by atoms with Crippen LogP contribution in [0.5, 0.6) is 0 Å². The number of carbonyl (C=O) groups excluding carboxylic acids is 1. The molecule has 0 saturated carbocycles. The van der Waals surface area contributed by atoms with Crippen molar-refractivity contribution in [2.24, 2.45) is 5.73 Å². The van der Waals surface area contributed by atoms with Crippen LogP contribution in [0.3, 0.4) is 0 Å².